The fourth-order valence-electron chi connectivity index (χ4n) is 2.27. The molecule has 2 aromatic rings. The summed E-state index contributed by atoms with van der Waals surface area (Å²) >= 11 is 0. The highest BCUT2D eigenvalue weighted by Gasteiger charge is 2.11. The summed E-state index contributed by atoms with van der Waals surface area (Å²) in [5.41, 5.74) is 1.78. The second-order valence-electron chi connectivity index (χ2n) is 6.25. The van der Waals surface area contributed by atoms with Gasteiger partial charge in [-0.3, -0.25) is 14.7 Å². The summed E-state index contributed by atoms with van der Waals surface area (Å²) < 4.78 is 0. The fourth-order valence-corrected chi connectivity index (χ4v) is 2.27. The minimum Gasteiger partial charge on any atom is -0.351 e. The van der Waals surface area contributed by atoms with E-state index in [9.17, 15) is 9.59 Å². The Kier molecular flexibility index (Phi) is 5.88. The van der Waals surface area contributed by atoms with Gasteiger partial charge in [0.05, 0.1) is 18.6 Å². The molecule has 0 bridgehead atoms. The number of H-pyrrole nitrogens is 1. The molecular weight excluding hydrogens is 308 g/mol. The number of anilines is 1. The van der Waals surface area contributed by atoms with Crippen molar-refractivity contribution in [2.45, 2.75) is 6.54 Å². The molecule has 0 fully saturated rings. The molecule has 24 heavy (non-hydrogen) atoms. The average molecular weight is 332 g/mol. The lowest BCUT2D eigenvalue weighted by Gasteiger charge is -2.10. The van der Waals surface area contributed by atoms with E-state index in [0.717, 1.165) is 16.5 Å². The number of benzene rings is 1. The zero-order valence-corrected chi connectivity index (χ0v) is 14.5. The summed E-state index contributed by atoms with van der Waals surface area (Å²) in [4.78, 5) is 27.1. The molecule has 0 spiro atoms. The number of nitrogens with one attached hydrogen (secondary N) is 3. The maximum atomic E-state index is 11.8. The van der Waals surface area contributed by atoms with E-state index in [1.54, 1.807) is 4.90 Å². The number of hydrogen-bond acceptors (Lipinski definition) is 5. The first-order valence-electron chi connectivity index (χ1n) is 7.68. The third-order valence-electron chi connectivity index (χ3n) is 3.29. The highest BCUT2D eigenvalue weighted by molar-refractivity contribution is 6.00. The van der Waals surface area contributed by atoms with Gasteiger partial charge in [0.15, 0.2) is 5.82 Å². The van der Waals surface area contributed by atoms with Crippen molar-refractivity contribution in [1.82, 2.24) is 25.3 Å². The van der Waals surface area contributed by atoms with Gasteiger partial charge in [-0.05, 0) is 45.9 Å². The molecule has 1 aromatic heterocycles. The van der Waals surface area contributed by atoms with Gasteiger partial charge in [-0.1, -0.05) is 6.07 Å². The lowest BCUT2D eigenvalue weighted by molar-refractivity contribution is -0.122. The molecule has 0 radical (unpaired) electrons. The van der Waals surface area contributed by atoms with E-state index in [-0.39, 0.29) is 11.8 Å². The van der Waals surface area contributed by atoms with Gasteiger partial charge in [0.25, 0.3) is 0 Å². The van der Waals surface area contributed by atoms with Crippen LogP contribution in [0.2, 0.25) is 0 Å². The van der Waals surface area contributed by atoms with Crippen molar-refractivity contribution in [3.05, 3.63) is 23.8 Å². The van der Waals surface area contributed by atoms with E-state index < -0.39 is 0 Å². The topological polar surface area (TPSA) is 93.4 Å². The van der Waals surface area contributed by atoms with Crippen LogP contribution in [0.1, 0.15) is 5.56 Å². The van der Waals surface area contributed by atoms with Crippen molar-refractivity contribution in [3.8, 4) is 0 Å². The first-order valence-corrected chi connectivity index (χ1v) is 7.68. The van der Waals surface area contributed by atoms with Crippen molar-refractivity contribution >= 4 is 28.5 Å². The first kappa shape index (κ1) is 17.9. The summed E-state index contributed by atoms with van der Waals surface area (Å²) in [6, 6.07) is 5.72. The number of amides is 2. The average Bonchev–Trinajstić information content (AvgIpc) is 2.86. The van der Waals surface area contributed by atoms with Crippen molar-refractivity contribution < 1.29 is 9.59 Å². The van der Waals surface area contributed by atoms with Crippen LogP contribution in [0, 0.1) is 0 Å². The lowest BCUT2D eigenvalue weighted by Crippen LogP contribution is -2.32. The molecule has 3 N–H and O–H groups in total. The van der Waals surface area contributed by atoms with Crippen molar-refractivity contribution in [2.75, 3.05) is 46.6 Å². The van der Waals surface area contributed by atoms with E-state index in [4.69, 9.17) is 0 Å². The minimum absolute atomic E-state index is 0.0265. The molecule has 130 valence electrons. The molecule has 0 saturated carbocycles. The van der Waals surface area contributed by atoms with Crippen LogP contribution >= 0.6 is 0 Å². The number of carbonyl (C=O) groups excluding carboxylic acids is 2. The molecule has 0 atom stereocenters. The van der Waals surface area contributed by atoms with E-state index in [1.165, 1.54) is 0 Å². The second-order valence-corrected chi connectivity index (χ2v) is 6.25. The van der Waals surface area contributed by atoms with Crippen LogP contribution in [0.25, 0.3) is 10.9 Å². The Morgan fingerprint density at radius 1 is 1.08 bits per heavy atom. The molecule has 0 aliphatic carbocycles. The third kappa shape index (κ3) is 5.04. The Hall–Kier alpha value is -2.45. The Labute approximate surface area is 141 Å². The zero-order valence-electron chi connectivity index (χ0n) is 14.5. The number of carbonyl (C=O) groups is 2. The molecule has 0 aliphatic heterocycles. The molecule has 0 aliphatic rings. The van der Waals surface area contributed by atoms with Gasteiger partial charge in [-0.25, -0.2) is 0 Å². The van der Waals surface area contributed by atoms with Crippen molar-refractivity contribution in [3.63, 3.8) is 0 Å². The standard InChI is InChI=1S/C16H24N6O2/c1-21(2)9-14(23)17-8-11-5-6-12-13(7-11)19-20-16(12)18-15(24)10-22(3)4/h5-7H,8-10H2,1-4H3,(H,17,23)(H2,18,19,20,24). The van der Waals surface area contributed by atoms with Crippen LogP contribution in [0.5, 0.6) is 0 Å². The Bertz CT molecular complexity index is 722. The van der Waals surface area contributed by atoms with Crippen LogP contribution in [0.3, 0.4) is 0 Å². The zero-order chi connectivity index (χ0) is 17.7. The summed E-state index contributed by atoms with van der Waals surface area (Å²) in [6.45, 7) is 1.10. The monoisotopic (exact) mass is 332 g/mol. The molecule has 1 aromatic carbocycles. The highest BCUT2D eigenvalue weighted by atomic mass is 16.2. The maximum Gasteiger partial charge on any atom is 0.239 e. The molecule has 8 heteroatoms. The van der Waals surface area contributed by atoms with Gasteiger partial charge in [0, 0.05) is 11.9 Å². The molecule has 1 heterocycles. The lowest BCUT2D eigenvalue weighted by atomic mass is 10.1. The molecular formula is C16H24N6O2. The van der Waals surface area contributed by atoms with Gasteiger partial charge in [-0.2, -0.15) is 5.10 Å². The van der Waals surface area contributed by atoms with Gasteiger partial charge in [0.2, 0.25) is 11.8 Å². The van der Waals surface area contributed by atoms with Gasteiger partial charge in [-0.15, -0.1) is 0 Å². The number of fused-ring (bicyclic) bond motifs is 1. The van der Waals surface area contributed by atoms with Gasteiger partial charge >= 0.3 is 0 Å². The predicted octanol–water partition coefficient (Wildman–Crippen LogP) is 0.241. The van der Waals surface area contributed by atoms with E-state index in [2.05, 4.69) is 20.8 Å². The summed E-state index contributed by atoms with van der Waals surface area (Å²) in [5, 5.41) is 13.5. The van der Waals surface area contributed by atoms with Crippen molar-refractivity contribution in [2.24, 2.45) is 0 Å². The number of nitrogens with zero attached hydrogens (tertiary/aromatic N) is 3. The van der Waals surface area contributed by atoms with Crippen LogP contribution in [-0.4, -0.2) is 73.1 Å². The predicted molar refractivity (Wildman–Crippen MR) is 93.7 cm³/mol. The molecule has 0 unspecified atom stereocenters. The summed E-state index contributed by atoms with van der Waals surface area (Å²) in [6.07, 6.45) is 0. The largest absolute Gasteiger partial charge is 0.351 e. The number of aromatic nitrogens is 2. The quantitative estimate of drug-likeness (QED) is 0.675. The molecule has 2 rings (SSSR count). The molecule has 8 nitrogen and oxygen atoms in total. The van der Waals surface area contributed by atoms with Gasteiger partial charge < -0.3 is 20.4 Å². The third-order valence-corrected chi connectivity index (χ3v) is 3.29. The van der Waals surface area contributed by atoms with Crippen LogP contribution in [-0.2, 0) is 16.1 Å². The van der Waals surface area contributed by atoms with Crippen LogP contribution in [0.15, 0.2) is 18.2 Å². The Balaban J connectivity index is 2.02. The van der Waals surface area contributed by atoms with Gasteiger partial charge in [0.1, 0.15) is 0 Å². The van der Waals surface area contributed by atoms with Crippen LogP contribution < -0.4 is 10.6 Å². The second kappa shape index (κ2) is 7.89. The Morgan fingerprint density at radius 3 is 2.42 bits per heavy atom. The molecule has 0 saturated heterocycles. The Morgan fingerprint density at radius 2 is 1.75 bits per heavy atom. The number of likely N-dealkylation sites (N-methyl/N-ethyl adjacent to an activating group) is 2. The van der Waals surface area contributed by atoms with E-state index in [0.29, 0.717) is 25.5 Å². The first-order chi connectivity index (χ1) is 11.3. The van der Waals surface area contributed by atoms with Crippen LogP contribution in [0.4, 0.5) is 5.82 Å². The summed E-state index contributed by atoms with van der Waals surface area (Å²) in [5.74, 6) is 0.370. The highest BCUT2D eigenvalue weighted by Crippen LogP contribution is 2.21. The SMILES string of the molecule is CN(C)CC(=O)NCc1ccc2c(NC(=O)CN(C)C)n[nH]c2c1. The number of aromatic amines is 1. The maximum absolute atomic E-state index is 11.8. The normalized spacial score (nSPS) is 11.2. The van der Waals surface area contributed by atoms with E-state index in [1.807, 2.05) is 51.3 Å². The summed E-state index contributed by atoms with van der Waals surface area (Å²) in [7, 11) is 7.36. The minimum atomic E-state index is -0.117. The number of rotatable bonds is 7. The molecule has 2 amide bonds. The van der Waals surface area contributed by atoms with Crippen molar-refractivity contribution in [1.29, 1.82) is 0 Å². The van der Waals surface area contributed by atoms with E-state index >= 15 is 0 Å². The smallest absolute Gasteiger partial charge is 0.239 e. The fraction of sp³-hybridized carbons (Fsp3) is 0.438. The number of hydrogen-bond donors (Lipinski definition) is 3.